The number of ether oxygens (including phenoxy) is 2. The molecule has 8 heteroatoms. The van der Waals surface area contributed by atoms with E-state index in [0.29, 0.717) is 11.4 Å². The Morgan fingerprint density at radius 2 is 1.72 bits per heavy atom. The van der Waals surface area contributed by atoms with Gasteiger partial charge in [-0.1, -0.05) is 18.2 Å². The molecule has 0 bridgehead atoms. The van der Waals surface area contributed by atoms with Crippen LogP contribution >= 0.6 is 0 Å². The molecule has 0 spiro atoms. The Morgan fingerprint density at radius 3 is 2.28 bits per heavy atom. The molecule has 2 aromatic rings. The fraction of sp³-hybridized carbons (Fsp3) is 0.381. The lowest BCUT2D eigenvalue weighted by Gasteiger charge is -2.29. The molecule has 158 valence electrons. The zero-order valence-corrected chi connectivity index (χ0v) is 18.2. The molecule has 1 amide bonds. The first-order valence-corrected chi connectivity index (χ1v) is 11.1. The monoisotopic (exact) mass is 420 g/mol. The maximum absolute atomic E-state index is 12.7. The van der Waals surface area contributed by atoms with E-state index in [1.807, 2.05) is 31.2 Å². The van der Waals surface area contributed by atoms with Crippen LogP contribution in [0.4, 0.5) is 5.69 Å². The summed E-state index contributed by atoms with van der Waals surface area (Å²) in [6.07, 6.45) is 1.08. The predicted molar refractivity (Wildman–Crippen MR) is 114 cm³/mol. The summed E-state index contributed by atoms with van der Waals surface area (Å²) in [6, 6.07) is 12.9. The number of nitrogens with zero attached hydrogens (tertiary/aromatic N) is 1. The van der Waals surface area contributed by atoms with E-state index in [4.69, 9.17) is 9.47 Å². The standard InChI is InChI=1S/C21H28N2O5S/c1-15-8-6-7-9-20(15)28-14-16(2)22-21(24)17(3)23(29(5,25)26)18-10-12-19(27-4)13-11-18/h6-13,16-17H,14H2,1-5H3,(H,22,24). The number of para-hydroxylation sites is 1. The number of anilines is 1. The van der Waals surface area contributed by atoms with Gasteiger partial charge < -0.3 is 14.8 Å². The molecule has 0 aliphatic carbocycles. The van der Waals surface area contributed by atoms with E-state index < -0.39 is 22.0 Å². The first kappa shape index (κ1) is 22.5. The van der Waals surface area contributed by atoms with Gasteiger partial charge in [0.05, 0.1) is 25.1 Å². The lowest BCUT2D eigenvalue weighted by Crippen LogP contribution is -2.50. The second-order valence-corrected chi connectivity index (χ2v) is 8.78. The van der Waals surface area contributed by atoms with Gasteiger partial charge in [-0.2, -0.15) is 0 Å². The van der Waals surface area contributed by atoms with Gasteiger partial charge in [-0.05, 0) is 56.7 Å². The Bertz CT molecular complexity index is 928. The Labute approximate surface area is 172 Å². The number of sulfonamides is 1. The van der Waals surface area contributed by atoms with Crippen LogP contribution in [0.15, 0.2) is 48.5 Å². The van der Waals surface area contributed by atoms with Crippen LogP contribution in [-0.4, -0.2) is 46.4 Å². The van der Waals surface area contributed by atoms with Gasteiger partial charge in [-0.3, -0.25) is 9.10 Å². The molecular formula is C21H28N2O5S. The molecule has 1 N–H and O–H groups in total. The fourth-order valence-electron chi connectivity index (χ4n) is 2.88. The minimum Gasteiger partial charge on any atom is -0.497 e. The molecule has 0 aliphatic heterocycles. The SMILES string of the molecule is COc1ccc(N(C(C)C(=O)NC(C)COc2ccccc2C)S(C)(=O)=O)cc1. The minimum absolute atomic E-state index is 0.269. The van der Waals surface area contributed by atoms with Crippen LogP contribution in [0.5, 0.6) is 11.5 Å². The van der Waals surface area contributed by atoms with E-state index >= 15 is 0 Å². The number of carbonyl (C=O) groups is 1. The predicted octanol–water partition coefficient (Wildman–Crippen LogP) is 2.74. The summed E-state index contributed by atoms with van der Waals surface area (Å²) < 4.78 is 36.7. The maximum Gasteiger partial charge on any atom is 0.243 e. The summed E-state index contributed by atoms with van der Waals surface area (Å²) in [7, 11) is -2.15. The van der Waals surface area contributed by atoms with Crippen LogP contribution in [0.1, 0.15) is 19.4 Å². The molecule has 0 saturated heterocycles. The molecule has 0 fully saturated rings. The second-order valence-electron chi connectivity index (χ2n) is 6.92. The number of benzene rings is 2. The summed E-state index contributed by atoms with van der Waals surface area (Å²) in [5.41, 5.74) is 1.39. The topological polar surface area (TPSA) is 84.9 Å². The maximum atomic E-state index is 12.7. The summed E-state index contributed by atoms with van der Waals surface area (Å²) in [6.45, 7) is 5.57. The highest BCUT2D eigenvalue weighted by Crippen LogP contribution is 2.24. The van der Waals surface area contributed by atoms with Gasteiger partial charge >= 0.3 is 0 Å². The molecule has 2 atom stereocenters. The number of hydrogen-bond acceptors (Lipinski definition) is 5. The van der Waals surface area contributed by atoms with E-state index in [9.17, 15) is 13.2 Å². The number of hydrogen-bond donors (Lipinski definition) is 1. The Balaban J connectivity index is 2.07. The quantitative estimate of drug-likeness (QED) is 0.674. The van der Waals surface area contributed by atoms with Gasteiger partial charge in [0.15, 0.2) is 0 Å². The van der Waals surface area contributed by atoms with Crippen molar-refractivity contribution in [2.75, 3.05) is 24.3 Å². The molecule has 7 nitrogen and oxygen atoms in total. The average molecular weight is 421 g/mol. The van der Waals surface area contributed by atoms with Crippen LogP contribution in [0.25, 0.3) is 0 Å². The zero-order valence-electron chi connectivity index (χ0n) is 17.4. The minimum atomic E-state index is -3.68. The van der Waals surface area contributed by atoms with Crippen molar-refractivity contribution in [1.82, 2.24) is 5.32 Å². The highest BCUT2D eigenvalue weighted by molar-refractivity contribution is 7.92. The van der Waals surface area contributed by atoms with Gasteiger partial charge in [-0.25, -0.2) is 8.42 Å². The molecular weight excluding hydrogens is 392 g/mol. The average Bonchev–Trinajstić information content (AvgIpc) is 2.67. The number of methoxy groups -OCH3 is 1. The molecule has 0 aliphatic rings. The Hall–Kier alpha value is -2.74. The van der Waals surface area contributed by atoms with Crippen LogP contribution in [0.2, 0.25) is 0 Å². The second kappa shape index (κ2) is 9.65. The first-order chi connectivity index (χ1) is 13.6. The largest absolute Gasteiger partial charge is 0.497 e. The smallest absolute Gasteiger partial charge is 0.243 e. The number of aryl methyl sites for hydroxylation is 1. The third-order valence-corrected chi connectivity index (χ3v) is 5.63. The number of amides is 1. The number of nitrogens with one attached hydrogen (secondary N) is 1. The van der Waals surface area contributed by atoms with Crippen molar-refractivity contribution in [3.8, 4) is 11.5 Å². The number of carbonyl (C=O) groups excluding carboxylic acids is 1. The van der Waals surface area contributed by atoms with Crippen LogP contribution in [-0.2, 0) is 14.8 Å². The molecule has 2 aromatic carbocycles. The van der Waals surface area contributed by atoms with Crippen molar-refractivity contribution in [1.29, 1.82) is 0 Å². The summed E-state index contributed by atoms with van der Waals surface area (Å²) >= 11 is 0. The highest BCUT2D eigenvalue weighted by Gasteiger charge is 2.29. The third-order valence-electron chi connectivity index (χ3n) is 4.39. The molecule has 2 rings (SSSR count). The fourth-order valence-corrected chi connectivity index (χ4v) is 4.05. The Morgan fingerprint density at radius 1 is 1.10 bits per heavy atom. The van der Waals surface area contributed by atoms with Gasteiger partial charge in [0, 0.05) is 0 Å². The summed E-state index contributed by atoms with van der Waals surface area (Å²) in [5.74, 6) is 0.936. The van der Waals surface area contributed by atoms with Crippen molar-refractivity contribution in [3.63, 3.8) is 0 Å². The lowest BCUT2D eigenvalue weighted by molar-refractivity contribution is -0.122. The third kappa shape index (κ3) is 6.12. The zero-order chi connectivity index (χ0) is 21.6. The van der Waals surface area contributed by atoms with E-state index in [2.05, 4.69) is 5.32 Å². The van der Waals surface area contributed by atoms with Crippen molar-refractivity contribution in [3.05, 3.63) is 54.1 Å². The van der Waals surface area contributed by atoms with E-state index in [-0.39, 0.29) is 12.6 Å². The molecule has 29 heavy (non-hydrogen) atoms. The van der Waals surface area contributed by atoms with Gasteiger partial charge in [0.2, 0.25) is 15.9 Å². The van der Waals surface area contributed by atoms with E-state index in [0.717, 1.165) is 21.9 Å². The van der Waals surface area contributed by atoms with Crippen molar-refractivity contribution in [2.45, 2.75) is 32.9 Å². The molecule has 0 radical (unpaired) electrons. The molecule has 0 saturated carbocycles. The van der Waals surface area contributed by atoms with E-state index in [1.54, 1.807) is 38.1 Å². The van der Waals surface area contributed by atoms with Crippen molar-refractivity contribution >= 4 is 21.6 Å². The lowest BCUT2D eigenvalue weighted by atomic mass is 10.2. The summed E-state index contributed by atoms with van der Waals surface area (Å²) in [4.78, 5) is 12.7. The highest BCUT2D eigenvalue weighted by atomic mass is 32.2. The number of rotatable bonds is 9. The van der Waals surface area contributed by atoms with Gasteiger partial charge in [-0.15, -0.1) is 0 Å². The molecule has 2 unspecified atom stereocenters. The van der Waals surface area contributed by atoms with Crippen LogP contribution < -0.4 is 19.1 Å². The van der Waals surface area contributed by atoms with Gasteiger partial charge in [0.1, 0.15) is 24.1 Å². The van der Waals surface area contributed by atoms with Gasteiger partial charge in [0.25, 0.3) is 0 Å². The van der Waals surface area contributed by atoms with Crippen molar-refractivity contribution in [2.24, 2.45) is 0 Å². The van der Waals surface area contributed by atoms with Crippen LogP contribution in [0.3, 0.4) is 0 Å². The van der Waals surface area contributed by atoms with Crippen LogP contribution in [0, 0.1) is 6.92 Å². The normalized spacial score (nSPS) is 13.3. The van der Waals surface area contributed by atoms with Crippen molar-refractivity contribution < 1.29 is 22.7 Å². The molecule has 0 heterocycles. The summed E-state index contributed by atoms with van der Waals surface area (Å²) in [5, 5.41) is 2.82. The molecule has 0 aromatic heterocycles. The first-order valence-electron chi connectivity index (χ1n) is 9.25. The Kier molecular flexibility index (Phi) is 7.50. The van der Waals surface area contributed by atoms with E-state index in [1.165, 1.54) is 7.11 Å².